The maximum atomic E-state index is 13.6. The number of rotatable bonds is 6. The zero-order valence-electron chi connectivity index (χ0n) is 16.0. The Labute approximate surface area is 167 Å². The first-order valence-electron chi connectivity index (χ1n) is 9.05. The molecule has 0 fully saturated rings. The SMILES string of the molecule is Cc1ccc(Oc2cccc(C(C)NC(=O)/C=C/c3ccc(F)cc3F)c2)cn1. The van der Waals surface area contributed by atoms with Crippen molar-refractivity contribution < 1.29 is 18.3 Å². The van der Waals surface area contributed by atoms with Crippen LogP contribution in [-0.2, 0) is 4.79 Å². The first kappa shape index (κ1) is 20.2. The van der Waals surface area contributed by atoms with Gasteiger partial charge in [0.2, 0.25) is 5.91 Å². The average Bonchev–Trinajstić information content (AvgIpc) is 2.69. The summed E-state index contributed by atoms with van der Waals surface area (Å²) < 4.78 is 32.4. The molecule has 2 aromatic carbocycles. The zero-order valence-corrected chi connectivity index (χ0v) is 16.0. The molecule has 0 aliphatic rings. The van der Waals surface area contributed by atoms with Crippen molar-refractivity contribution in [1.29, 1.82) is 0 Å². The molecule has 0 bridgehead atoms. The number of amides is 1. The Balaban J connectivity index is 1.63. The first-order valence-corrected chi connectivity index (χ1v) is 9.05. The average molecular weight is 394 g/mol. The number of aryl methyl sites for hydroxylation is 1. The Hall–Kier alpha value is -3.54. The van der Waals surface area contributed by atoms with Gasteiger partial charge in [-0.25, -0.2) is 8.78 Å². The Morgan fingerprint density at radius 3 is 2.66 bits per heavy atom. The van der Waals surface area contributed by atoms with Gasteiger partial charge in [0.15, 0.2) is 0 Å². The van der Waals surface area contributed by atoms with Crippen LogP contribution in [0.25, 0.3) is 6.08 Å². The highest BCUT2D eigenvalue weighted by atomic mass is 19.1. The Bertz CT molecular complexity index is 1030. The maximum Gasteiger partial charge on any atom is 0.244 e. The molecule has 6 heteroatoms. The number of benzene rings is 2. The van der Waals surface area contributed by atoms with E-state index in [0.717, 1.165) is 23.4 Å². The second-order valence-electron chi connectivity index (χ2n) is 6.54. The fourth-order valence-corrected chi connectivity index (χ4v) is 2.65. The van der Waals surface area contributed by atoms with E-state index in [0.29, 0.717) is 11.5 Å². The summed E-state index contributed by atoms with van der Waals surface area (Å²) in [7, 11) is 0. The zero-order chi connectivity index (χ0) is 20.8. The van der Waals surface area contributed by atoms with Crippen molar-refractivity contribution in [3.05, 3.63) is 95.3 Å². The van der Waals surface area contributed by atoms with Gasteiger partial charge in [0.05, 0.1) is 12.2 Å². The van der Waals surface area contributed by atoms with Crippen molar-refractivity contribution >= 4 is 12.0 Å². The van der Waals surface area contributed by atoms with Crippen molar-refractivity contribution in [2.24, 2.45) is 0 Å². The summed E-state index contributed by atoms with van der Waals surface area (Å²) >= 11 is 0. The van der Waals surface area contributed by atoms with Gasteiger partial charge in [0.1, 0.15) is 23.1 Å². The molecule has 1 aromatic heterocycles. The Morgan fingerprint density at radius 2 is 1.93 bits per heavy atom. The topological polar surface area (TPSA) is 51.2 Å². The van der Waals surface area contributed by atoms with E-state index >= 15 is 0 Å². The molecule has 0 saturated carbocycles. The van der Waals surface area contributed by atoms with E-state index in [4.69, 9.17) is 4.74 Å². The van der Waals surface area contributed by atoms with E-state index < -0.39 is 17.5 Å². The van der Waals surface area contributed by atoms with Crippen LogP contribution in [0.4, 0.5) is 8.78 Å². The summed E-state index contributed by atoms with van der Waals surface area (Å²) in [6, 6.07) is 13.9. The van der Waals surface area contributed by atoms with Crippen LogP contribution >= 0.6 is 0 Å². The lowest BCUT2D eigenvalue weighted by Gasteiger charge is -2.14. The molecule has 1 heterocycles. The van der Waals surface area contributed by atoms with E-state index in [1.54, 1.807) is 6.20 Å². The molecule has 0 spiro atoms. The monoisotopic (exact) mass is 394 g/mol. The number of nitrogens with zero attached hydrogens (tertiary/aromatic N) is 1. The minimum atomic E-state index is -0.724. The molecule has 3 rings (SSSR count). The van der Waals surface area contributed by atoms with E-state index in [9.17, 15) is 13.6 Å². The normalized spacial score (nSPS) is 12.0. The van der Waals surface area contributed by atoms with Gasteiger partial charge in [0.25, 0.3) is 0 Å². The molecule has 1 unspecified atom stereocenters. The number of carbonyl (C=O) groups excluding carboxylic acids is 1. The predicted molar refractivity (Wildman–Crippen MR) is 107 cm³/mol. The van der Waals surface area contributed by atoms with E-state index in [2.05, 4.69) is 10.3 Å². The van der Waals surface area contributed by atoms with Gasteiger partial charge in [0, 0.05) is 23.4 Å². The van der Waals surface area contributed by atoms with E-state index in [1.807, 2.05) is 50.2 Å². The standard InChI is InChI=1S/C23H20F2N2O2/c1-15-6-10-21(14-26-15)29-20-5-3-4-18(12-20)16(2)27-23(28)11-8-17-7-9-19(24)13-22(17)25/h3-14,16H,1-2H3,(H,27,28)/b11-8+. The van der Waals surface area contributed by atoms with Crippen LogP contribution in [0.2, 0.25) is 0 Å². The molecule has 0 aliphatic heterocycles. The summed E-state index contributed by atoms with van der Waals surface area (Å²) in [5.74, 6) is -0.541. The Morgan fingerprint density at radius 1 is 1.10 bits per heavy atom. The van der Waals surface area contributed by atoms with E-state index in [-0.39, 0.29) is 11.6 Å². The van der Waals surface area contributed by atoms with Crippen LogP contribution < -0.4 is 10.1 Å². The lowest BCUT2D eigenvalue weighted by atomic mass is 10.1. The second kappa shape index (κ2) is 9.10. The second-order valence-corrected chi connectivity index (χ2v) is 6.54. The Kier molecular flexibility index (Phi) is 6.34. The minimum absolute atomic E-state index is 0.135. The number of carbonyl (C=O) groups is 1. The van der Waals surface area contributed by atoms with Crippen molar-refractivity contribution in [2.75, 3.05) is 0 Å². The third-order valence-electron chi connectivity index (χ3n) is 4.21. The lowest BCUT2D eigenvalue weighted by molar-refractivity contribution is -0.117. The summed E-state index contributed by atoms with van der Waals surface area (Å²) in [6.45, 7) is 3.73. The molecular weight excluding hydrogens is 374 g/mol. The largest absolute Gasteiger partial charge is 0.456 e. The summed E-state index contributed by atoms with van der Waals surface area (Å²) in [5.41, 5.74) is 1.88. The molecule has 1 N–H and O–H groups in total. The van der Waals surface area contributed by atoms with Crippen molar-refractivity contribution in [1.82, 2.24) is 10.3 Å². The van der Waals surface area contributed by atoms with Gasteiger partial charge < -0.3 is 10.1 Å². The van der Waals surface area contributed by atoms with Crippen LogP contribution in [0.15, 0.2) is 66.9 Å². The molecule has 0 aliphatic carbocycles. The highest BCUT2D eigenvalue weighted by molar-refractivity contribution is 5.92. The molecule has 29 heavy (non-hydrogen) atoms. The van der Waals surface area contributed by atoms with Crippen LogP contribution in [-0.4, -0.2) is 10.9 Å². The number of pyridine rings is 1. The summed E-state index contributed by atoms with van der Waals surface area (Å²) in [4.78, 5) is 16.3. The van der Waals surface area contributed by atoms with Crippen LogP contribution in [0, 0.1) is 18.6 Å². The van der Waals surface area contributed by atoms with Crippen LogP contribution in [0.1, 0.15) is 29.8 Å². The third kappa shape index (κ3) is 5.72. The molecule has 1 atom stereocenters. The lowest BCUT2D eigenvalue weighted by Crippen LogP contribution is -2.24. The number of aromatic nitrogens is 1. The van der Waals surface area contributed by atoms with E-state index in [1.165, 1.54) is 18.2 Å². The molecule has 148 valence electrons. The first-order chi connectivity index (χ1) is 13.9. The molecule has 1 amide bonds. The number of hydrogen-bond donors (Lipinski definition) is 1. The predicted octanol–water partition coefficient (Wildman–Crippen LogP) is 5.35. The molecule has 0 radical (unpaired) electrons. The van der Waals surface area contributed by atoms with Crippen LogP contribution in [0.5, 0.6) is 11.5 Å². The quantitative estimate of drug-likeness (QED) is 0.573. The number of hydrogen-bond acceptors (Lipinski definition) is 3. The van der Waals surface area contributed by atoms with Gasteiger partial charge in [-0.05, 0) is 61.9 Å². The molecule has 3 aromatic rings. The molecule has 0 saturated heterocycles. The van der Waals surface area contributed by atoms with Gasteiger partial charge >= 0.3 is 0 Å². The highest BCUT2D eigenvalue weighted by Crippen LogP contribution is 2.24. The number of halogens is 2. The number of ether oxygens (including phenoxy) is 1. The van der Waals surface area contributed by atoms with Gasteiger partial charge in [-0.3, -0.25) is 9.78 Å². The van der Waals surface area contributed by atoms with Crippen LogP contribution in [0.3, 0.4) is 0 Å². The fraction of sp³-hybridized carbons (Fsp3) is 0.130. The molecule has 4 nitrogen and oxygen atoms in total. The van der Waals surface area contributed by atoms with Gasteiger partial charge in [-0.1, -0.05) is 12.1 Å². The smallest absolute Gasteiger partial charge is 0.244 e. The summed E-state index contributed by atoms with van der Waals surface area (Å²) in [5, 5.41) is 2.81. The third-order valence-corrected chi connectivity index (χ3v) is 4.21. The maximum absolute atomic E-state index is 13.6. The molecular formula is C23H20F2N2O2. The number of nitrogens with one attached hydrogen (secondary N) is 1. The highest BCUT2D eigenvalue weighted by Gasteiger charge is 2.09. The van der Waals surface area contributed by atoms with Gasteiger partial charge in [-0.2, -0.15) is 0 Å². The van der Waals surface area contributed by atoms with Crippen molar-refractivity contribution in [3.8, 4) is 11.5 Å². The van der Waals surface area contributed by atoms with Crippen molar-refractivity contribution in [3.63, 3.8) is 0 Å². The van der Waals surface area contributed by atoms with Crippen molar-refractivity contribution in [2.45, 2.75) is 19.9 Å². The fourth-order valence-electron chi connectivity index (χ4n) is 2.65. The summed E-state index contributed by atoms with van der Waals surface area (Å²) in [6.07, 6.45) is 4.17. The van der Waals surface area contributed by atoms with Gasteiger partial charge in [-0.15, -0.1) is 0 Å². The minimum Gasteiger partial charge on any atom is -0.456 e.